The Hall–Kier alpha value is -1.38. The highest BCUT2D eigenvalue weighted by molar-refractivity contribution is 5.96. The fourth-order valence-electron chi connectivity index (χ4n) is 0.439. The molecule has 60 valence electrons. The third-order valence-electron chi connectivity index (χ3n) is 0.807. The Morgan fingerprint density at radius 3 is 1.64 bits per heavy atom. The predicted molar refractivity (Wildman–Crippen MR) is 40.7 cm³/mol. The third kappa shape index (κ3) is 5.08. The van der Waals surface area contributed by atoms with Crippen LogP contribution in [0.25, 0.3) is 0 Å². The molecule has 11 heavy (non-hydrogen) atoms. The van der Waals surface area contributed by atoms with Crippen LogP contribution in [-0.2, 0) is 14.3 Å². The molecule has 0 aliphatic rings. The molecule has 0 aliphatic carbocycles. The van der Waals surface area contributed by atoms with E-state index in [-0.39, 0.29) is 0 Å². The lowest BCUT2D eigenvalue weighted by molar-refractivity contribution is -0.152. The molecule has 0 radical (unpaired) electrons. The Balaban J connectivity index is 3.85. The number of carbonyl (C=O) groups is 2. The van der Waals surface area contributed by atoms with Gasteiger partial charge in [0, 0.05) is 12.2 Å². The van der Waals surface area contributed by atoms with E-state index in [1.807, 2.05) is 0 Å². The van der Waals surface area contributed by atoms with E-state index in [9.17, 15) is 9.59 Å². The van der Waals surface area contributed by atoms with Gasteiger partial charge < -0.3 is 4.74 Å². The highest BCUT2D eigenvalue weighted by Gasteiger charge is 2.00. The molecule has 0 aromatic carbocycles. The Bertz CT molecular complexity index is 179. The molecule has 0 saturated heterocycles. The van der Waals surface area contributed by atoms with Crippen molar-refractivity contribution in [2.75, 3.05) is 0 Å². The lowest BCUT2D eigenvalue weighted by atomic mass is 10.5. The van der Waals surface area contributed by atoms with Crippen molar-refractivity contribution in [2.24, 2.45) is 0 Å². The molecule has 0 aromatic rings. The predicted octanol–water partition coefficient (Wildman–Crippen LogP) is 1.21. The number of allylic oxidation sites excluding steroid dienone is 2. The van der Waals surface area contributed by atoms with Crippen molar-refractivity contribution < 1.29 is 14.3 Å². The minimum absolute atomic E-state index is 0.643. The van der Waals surface area contributed by atoms with E-state index in [0.29, 0.717) is 0 Å². The molecule has 0 bridgehead atoms. The topological polar surface area (TPSA) is 43.4 Å². The van der Waals surface area contributed by atoms with Crippen LogP contribution in [0, 0.1) is 0 Å². The summed E-state index contributed by atoms with van der Waals surface area (Å²) in [6, 6.07) is 0. The van der Waals surface area contributed by atoms with Gasteiger partial charge in [0.25, 0.3) is 0 Å². The number of hydrogen-bond acceptors (Lipinski definition) is 3. The van der Waals surface area contributed by atoms with E-state index < -0.39 is 11.9 Å². The monoisotopic (exact) mass is 154 g/mol. The van der Waals surface area contributed by atoms with Gasteiger partial charge in [-0.3, -0.25) is 0 Å². The summed E-state index contributed by atoms with van der Waals surface area (Å²) in [5.41, 5.74) is 0. The molecule has 0 unspecified atom stereocenters. The van der Waals surface area contributed by atoms with Gasteiger partial charge in [0.2, 0.25) is 0 Å². The normalized spacial score (nSPS) is 10.7. The number of rotatable bonds is 2. The van der Waals surface area contributed by atoms with Crippen LogP contribution in [0.5, 0.6) is 0 Å². The summed E-state index contributed by atoms with van der Waals surface area (Å²) in [5, 5.41) is 0. The highest BCUT2D eigenvalue weighted by Crippen LogP contribution is 1.84. The lowest BCUT2D eigenvalue weighted by Crippen LogP contribution is -2.06. The fraction of sp³-hybridized carbons (Fsp3) is 0.250. The standard InChI is InChI=1S/C8H10O3/c1-3-5-7(9)11-8(10)6-4-2/h3-6H,1-2H3/b5-3-,6-4?. The lowest BCUT2D eigenvalue weighted by Gasteiger charge is -1.91. The molecular formula is C8H10O3. The molecule has 0 saturated carbocycles. The number of hydrogen-bond donors (Lipinski definition) is 0. The molecule has 0 atom stereocenters. The van der Waals surface area contributed by atoms with Crippen LogP contribution in [-0.4, -0.2) is 11.9 Å². The summed E-state index contributed by atoms with van der Waals surface area (Å²) in [5.74, 6) is -1.29. The van der Waals surface area contributed by atoms with Gasteiger partial charge in [-0.15, -0.1) is 0 Å². The van der Waals surface area contributed by atoms with E-state index in [4.69, 9.17) is 0 Å². The summed E-state index contributed by atoms with van der Waals surface area (Å²) in [4.78, 5) is 21.1. The first-order chi connectivity index (χ1) is 5.20. The second-order valence-corrected chi connectivity index (χ2v) is 1.74. The van der Waals surface area contributed by atoms with Crippen molar-refractivity contribution in [2.45, 2.75) is 13.8 Å². The molecule has 3 heteroatoms. The molecular weight excluding hydrogens is 144 g/mol. The van der Waals surface area contributed by atoms with Crippen molar-refractivity contribution in [1.82, 2.24) is 0 Å². The second-order valence-electron chi connectivity index (χ2n) is 1.74. The maximum Gasteiger partial charge on any atom is 0.338 e. The van der Waals surface area contributed by atoms with Crippen LogP contribution >= 0.6 is 0 Å². The van der Waals surface area contributed by atoms with Crippen molar-refractivity contribution in [3.8, 4) is 0 Å². The second kappa shape index (κ2) is 5.41. The zero-order valence-electron chi connectivity index (χ0n) is 6.53. The molecule has 0 fully saturated rings. The summed E-state index contributed by atoms with van der Waals surface area (Å²) >= 11 is 0. The summed E-state index contributed by atoms with van der Waals surface area (Å²) < 4.78 is 4.28. The highest BCUT2D eigenvalue weighted by atomic mass is 16.6. The maximum atomic E-state index is 10.6. The molecule has 0 heterocycles. The Labute approximate surface area is 65.4 Å². The van der Waals surface area contributed by atoms with Gasteiger partial charge in [0.15, 0.2) is 0 Å². The van der Waals surface area contributed by atoms with Crippen LogP contribution in [0.3, 0.4) is 0 Å². The first-order valence-corrected chi connectivity index (χ1v) is 3.22. The zero-order chi connectivity index (χ0) is 8.69. The first-order valence-electron chi connectivity index (χ1n) is 3.22. The van der Waals surface area contributed by atoms with Gasteiger partial charge in [-0.2, -0.15) is 0 Å². The van der Waals surface area contributed by atoms with Gasteiger partial charge in [0.05, 0.1) is 0 Å². The van der Waals surface area contributed by atoms with Gasteiger partial charge in [0.1, 0.15) is 0 Å². The SMILES string of the molecule is CC=CC(=O)OC(=O)/C=C\C. The van der Waals surface area contributed by atoms with Crippen molar-refractivity contribution >= 4 is 11.9 Å². The molecule has 0 aliphatic heterocycles. The molecule has 0 N–H and O–H groups in total. The van der Waals surface area contributed by atoms with Crippen LogP contribution in [0.4, 0.5) is 0 Å². The summed E-state index contributed by atoms with van der Waals surface area (Å²) in [6.45, 7) is 3.34. The minimum Gasteiger partial charge on any atom is -0.387 e. The summed E-state index contributed by atoms with van der Waals surface area (Å²) in [7, 11) is 0. The smallest absolute Gasteiger partial charge is 0.338 e. The average molecular weight is 154 g/mol. The molecule has 3 nitrogen and oxygen atoms in total. The zero-order valence-corrected chi connectivity index (χ0v) is 6.53. The molecule has 0 spiro atoms. The Kier molecular flexibility index (Phi) is 4.73. The van der Waals surface area contributed by atoms with Gasteiger partial charge in [-0.05, 0) is 13.8 Å². The van der Waals surface area contributed by atoms with E-state index in [1.165, 1.54) is 24.3 Å². The van der Waals surface area contributed by atoms with Gasteiger partial charge in [-0.25, -0.2) is 9.59 Å². The number of ether oxygens (including phenoxy) is 1. The summed E-state index contributed by atoms with van der Waals surface area (Å²) in [6.07, 6.45) is 5.37. The van der Waals surface area contributed by atoms with Crippen molar-refractivity contribution in [3.63, 3.8) is 0 Å². The van der Waals surface area contributed by atoms with E-state index in [1.54, 1.807) is 13.8 Å². The van der Waals surface area contributed by atoms with E-state index >= 15 is 0 Å². The molecule has 0 amide bonds. The fourth-order valence-corrected chi connectivity index (χ4v) is 0.439. The minimum atomic E-state index is -0.643. The molecule has 0 rings (SSSR count). The third-order valence-corrected chi connectivity index (χ3v) is 0.807. The van der Waals surface area contributed by atoms with Crippen molar-refractivity contribution in [3.05, 3.63) is 24.3 Å². The van der Waals surface area contributed by atoms with Gasteiger partial charge in [-0.1, -0.05) is 12.2 Å². The van der Waals surface area contributed by atoms with Crippen LogP contribution in [0.1, 0.15) is 13.8 Å². The average Bonchev–Trinajstić information content (AvgIpc) is 1.87. The van der Waals surface area contributed by atoms with E-state index in [0.717, 1.165) is 0 Å². The van der Waals surface area contributed by atoms with E-state index in [2.05, 4.69) is 4.74 Å². The van der Waals surface area contributed by atoms with Crippen LogP contribution < -0.4 is 0 Å². The Morgan fingerprint density at radius 2 is 1.36 bits per heavy atom. The number of carbonyl (C=O) groups excluding carboxylic acids is 2. The molecule has 0 aromatic heterocycles. The Morgan fingerprint density at radius 1 is 1.00 bits per heavy atom. The first kappa shape index (κ1) is 9.62. The quantitative estimate of drug-likeness (QED) is 0.341. The number of esters is 2. The van der Waals surface area contributed by atoms with Crippen molar-refractivity contribution in [1.29, 1.82) is 0 Å². The van der Waals surface area contributed by atoms with Crippen LogP contribution in [0.2, 0.25) is 0 Å². The van der Waals surface area contributed by atoms with Crippen LogP contribution in [0.15, 0.2) is 24.3 Å². The largest absolute Gasteiger partial charge is 0.387 e. The van der Waals surface area contributed by atoms with Gasteiger partial charge >= 0.3 is 11.9 Å². The maximum absolute atomic E-state index is 10.6.